The van der Waals surface area contributed by atoms with Gasteiger partial charge in [-0.25, -0.2) is 13.4 Å². The molecule has 0 unspecified atom stereocenters. The van der Waals surface area contributed by atoms with Crippen LogP contribution in [0.1, 0.15) is 5.56 Å². The van der Waals surface area contributed by atoms with Gasteiger partial charge in [-0.15, -0.1) is 0 Å². The maximum Gasteiger partial charge on any atom is 0.226 e. The van der Waals surface area contributed by atoms with E-state index in [1.165, 1.54) is 12.5 Å². The van der Waals surface area contributed by atoms with Crippen molar-refractivity contribution in [3.05, 3.63) is 42.4 Å². The van der Waals surface area contributed by atoms with Crippen molar-refractivity contribution >= 4 is 20.9 Å². The predicted octanol–water partition coefficient (Wildman–Crippen LogP) is 2.14. The van der Waals surface area contributed by atoms with Crippen molar-refractivity contribution in [2.24, 2.45) is 0 Å². The first-order valence-electron chi connectivity index (χ1n) is 5.86. The second kappa shape index (κ2) is 4.68. The topological polar surface area (TPSA) is 85.2 Å². The molecule has 0 aliphatic heterocycles. The summed E-state index contributed by atoms with van der Waals surface area (Å²) >= 11 is 0. The van der Waals surface area contributed by atoms with Gasteiger partial charge < -0.3 is 14.1 Å². The van der Waals surface area contributed by atoms with Crippen molar-refractivity contribution in [3.63, 3.8) is 0 Å². The van der Waals surface area contributed by atoms with Crippen LogP contribution in [0.4, 0.5) is 0 Å². The van der Waals surface area contributed by atoms with Crippen molar-refractivity contribution in [2.75, 3.05) is 7.11 Å². The zero-order valence-electron chi connectivity index (χ0n) is 10.7. The molecule has 20 heavy (non-hydrogen) atoms. The van der Waals surface area contributed by atoms with Gasteiger partial charge in [0.1, 0.15) is 5.75 Å². The lowest BCUT2D eigenvalue weighted by Gasteiger charge is -1.97. The predicted molar refractivity (Wildman–Crippen MR) is 72.2 cm³/mol. The van der Waals surface area contributed by atoms with E-state index in [1.807, 2.05) is 0 Å². The highest BCUT2D eigenvalue weighted by atomic mass is 32.2. The van der Waals surface area contributed by atoms with Gasteiger partial charge in [0.25, 0.3) is 0 Å². The summed E-state index contributed by atoms with van der Waals surface area (Å²) in [7, 11) is -1.98. The minimum Gasteiger partial charge on any atom is -0.497 e. The Hall–Kier alpha value is -2.28. The molecule has 0 saturated carbocycles. The molecule has 2 aromatic heterocycles. The van der Waals surface area contributed by atoms with Crippen molar-refractivity contribution in [3.8, 4) is 5.75 Å². The van der Waals surface area contributed by atoms with Crippen molar-refractivity contribution in [1.82, 2.24) is 9.97 Å². The number of H-pyrrole nitrogens is 1. The molecule has 6 nitrogen and oxygen atoms in total. The summed E-state index contributed by atoms with van der Waals surface area (Å²) in [4.78, 5) is 6.92. The van der Waals surface area contributed by atoms with E-state index < -0.39 is 9.84 Å². The molecule has 0 spiro atoms. The molecule has 0 fully saturated rings. The van der Waals surface area contributed by atoms with Crippen LogP contribution in [-0.2, 0) is 15.6 Å². The number of imidazole rings is 1. The highest BCUT2D eigenvalue weighted by Gasteiger charge is 2.20. The van der Waals surface area contributed by atoms with Crippen LogP contribution in [0, 0.1) is 0 Å². The molecule has 104 valence electrons. The number of benzene rings is 1. The van der Waals surface area contributed by atoms with Gasteiger partial charge in [0.05, 0.1) is 36.4 Å². The number of sulfone groups is 1. The molecule has 1 aromatic carbocycles. The molecule has 2 heterocycles. The summed E-state index contributed by atoms with van der Waals surface area (Å²) in [5.74, 6) is 0.487. The maximum absolute atomic E-state index is 12.3. The third-order valence-corrected chi connectivity index (χ3v) is 4.39. The molecule has 1 N–H and O–H groups in total. The SMILES string of the molecule is COc1ccc2nc(S(=O)(=O)Cc3ccoc3)[nH]c2c1. The van der Waals surface area contributed by atoms with E-state index in [4.69, 9.17) is 9.15 Å². The zero-order valence-corrected chi connectivity index (χ0v) is 11.5. The highest BCUT2D eigenvalue weighted by Crippen LogP contribution is 2.22. The molecule has 0 radical (unpaired) electrons. The smallest absolute Gasteiger partial charge is 0.226 e. The number of nitrogens with one attached hydrogen (secondary N) is 1. The first-order valence-corrected chi connectivity index (χ1v) is 7.51. The largest absolute Gasteiger partial charge is 0.497 e. The molecule has 0 atom stereocenters. The van der Waals surface area contributed by atoms with Crippen LogP contribution >= 0.6 is 0 Å². The number of aromatic amines is 1. The van der Waals surface area contributed by atoms with Gasteiger partial charge in [0.15, 0.2) is 0 Å². The van der Waals surface area contributed by atoms with E-state index >= 15 is 0 Å². The fourth-order valence-electron chi connectivity index (χ4n) is 1.90. The van der Waals surface area contributed by atoms with Crippen molar-refractivity contribution in [2.45, 2.75) is 10.9 Å². The van der Waals surface area contributed by atoms with Gasteiger partial charge in [-0.05, 0) is 18.2 Å². The van der Waals surface area contributed by atoms with Gasteiger partial charge in [-0.2, -0.15) is 0 Å². The summed E-state index contributed by atoms with van der Waals surface area (Å²) in [6.07, 6.45) is 2.84. The lowest BCUT2D eigenvalue weighted by atomic mass is 10.3. The summed E-state index contributed by atoms with van der Waals surface area (Å²) in [5.41, 5.74) is 1.79. The average Bonchev–Trinajstić information content (AvgIpc) is 3.05. The number of ether oxygens (including phenoxy) is 1. The van der Waals surface area contributed by atoms with Gasteiger partial charge in [0.2, 0.25) is 15.0 Å². The number of hydrogen-bond donors (Lipinski definition) is 1. The number of methoxy groups -OCH3 is 1. The van der Waals surface area contributed by atoms with Crippen molar-refractivity contribution in [1.29, 1.82) is 0 Å². The fraction of sp³-hybridized carbons (Fsp3) is 0.154. The number of rotatable bonds is 4. The molecule has 0 amide bonds. The van der Waals surface area contributed by atoms with Crippen LogP contribution in [0.3, 0.4) is 0 Å². The van der Waals surface area contributed by atoms with E-state index in [1.54, 1.807) is 31.4 Å². The molecule has 0 aliphatic carbocycles. The van der Waals surface area contributed by atoms with Crippen LogP contribution in [-0.4, -0.2) is 25.5 Å². The average molecular weight is 292 g/mol. The number of furan rings is 1. The zero-order chi connectivity index (χ0) is 14.2. The monoisotopic (exact) mass is 292 g/mol. The van der Waals surface area contributed by atoms with Gasteiger partial charge >= 0.3 is 0 Å². The van der Waals surface area contributed by atoms with E-state index in [0.717, 1.165) is 0 Å². The van der Waals surface area contributed by atoms with Gasteiger partial charge in [-0.1, -0.05) is 0 Å². The lowest BCUT2D eigenvalue weighted by molar-refractivity contribution is 0.415. The molecule has 0 bridgehead atoms. The summed E-state index contributed by atoms with van der Waals surface area (Å²) in [5, 5.41) is -0.0537. The third kappa shape index (κ3) is 2.27. The third-order valence-electron chi connectivity index (χ3n) is 2.90. The minimum absolute atomic E-state index is 0.0537. The minimum atomic E-state index is -3.53. The first kappa shape index (κ1) is 12.7. The Morgan fingerprint density at radius 2 is 2.20 bits per heavy atom. The van der Waals surface area contributed by atoms with E-state index in [0.29, 0.717) is 22.3 Å². The fourth-order valence-corrected chi connectivity index (χ4v) is 3.14. The highest BCUT2D eigenvalue weighted by molar-refractivity contribution is 7.90. The molecule has 0 saturated heterocycles. The summed E-state index contributed by atoms with van der Waals surface area (Å²) < 4.78 is 34.5. The second-order valence-electron chi connectivity index (χ2n) is 4.32. The molecule has 3 rings (SSSR count). The first-order chi connectivity index (χ1) is 9.58. The summed E-state index contributed by atoms with van der Waals surface area (Å²) in [6, 6.07) is 6.76. The van der Waals surface area contributed by atoms with E-state index in [-0.39, 0.29) is 10.9 Å². The van der Waals surface area contributed by atoms with E-state index in [9.17, 15) is 8.42 Å². The molecule has 7 heteroatoms. The Morgan fingerprint density at radius 1 is 1.35 bits per heavy atom. The van der Waals surface area contributed by atoms with Crippen molar-refractivity contribution < 1.29 is 17.6 Å². The molecular formula is C13H12N2O4S. The maximum atomic E-state index is 12.3. The number of aromatic nitrogens is 2. The summed E-state index contributed by atoms with van der Waals surface area (Å²) in [6.45, 7) is 0. The molecular weight excluding hydrogens is 280 g/mol. The second-order valence-corrected chi connectivity index (χ2v) is 6.22. The molecule has 0 aliphatic rings. The Balaban J connectivity index is 2.01. The van der Waals surface area contributed by atoms with Crippen LogP contribution in [0.25, 0.3) is 11.0 Å². The standard InChI is InChI=1S/C13H12N2O4S/c1-18-10-2-3-11-12(6-10)15-13(14-11)20(16,17)8-9-4-5-19-7-9/h2-7H,8H2,1H3,(H,14,15). The lowest BCUT2D eigenvalue weighted by Crippen LogP contribution is -2.06. The Bertz CT molecular complexity index is 835. The number of fused-ring (bicyclic) bond motifs is 1. The van der Waals surface area contributed by atoms with Crippen LogP contribution < -0.4 is 4.74 Å². The normalized spacial score (nSPS) is 11.8. The Kier molecular flexibility index (Phi) is 2.98. The Labute approximate surface area is 115 Å². The van der Waals surface area contributed by atoms with Gasteiger partial charge in [0, 0.05) is 11.6 Å². The number of hydrogen-bond acceptors (Lipinski definition) is 5. The van der Waals surface area contributed by atoms with Crippen LogP contribution in [0.2, 0.25) is 0 Å². The van der Waals surface area contributed by atoms with Gasteiger partial charge in [-0.3, -0.25) is 0 Å². The number of nitrogens with zero attached hydrogens (tertiary/aromatic N) is 1. The quantitative estimate of drug-likeness (QED) is 0.796. The molecule has 3 aromatic rings. The van der Waals surface area contributed by atoms with E-state index in [2.05, 4.69) is 9.97 Å². The van der Waals surface area contributed by atoms with Crippen LogP contribution in [0.15, 0.2) is 46.4 Å². The Morgan fingerprint density at radius 3 is 2.90 bits per heavy atom. The van der Waals surface area contributed by atoms with Crippen LogP contribution in [0.5, 0.6) is 5.75 Å².